The lowest BCUT2D eigenvalue weighted by Gasteiger charge is -2.31. The highest BCUT2D eigenvalue weighted by molar-refractivity contribution is 8.24. The fraction of sp³-hybridized carbons (Fsp3) is 0.628. The molecule has 1 heterocycles. The minimum absolute atomic E-state index is 0.111. The quantitative estimate of drug-likeness (QED) is 0.0368. The summed E-state index contributed by atoms with van der Waals surface area (Å²) in [6.07, 6.45) is 13.4. The summed E-state index contributed by atoms with van der Waals surface area (Å²) in [5, 5.41) is 0. The highest BCUT2D eigenvalue weighted by Gasteiger charge is 2.36. The molecule has 0 N–H and O–H groups in total. The Balaban J connectivity index is 1.08. The highest BCUT2D eigenvalue weighted by atomic mass is 32.2. The molecular weight excluding hydrogens is 771 g/mol. The Hall–Kier alpha value is -3.80. The largest absolute Gasteiger partial charge is 0.471 e. The third kappa shape index (κ3) is 12.8. The molecule has 3 fully saturated rings. The van der Waals surface area contributed by atoms with E-state index in [1.165, 1.54) is 6.08 Å². The number of unbranched alkanes of at least 4 members (excludes halogenated alkanes) is 3. The van der Waals surface area contributed by atoms with Crippen molar-refractivity contribution in [2.24, 2.45) is 23.7 Å². The van der Waals surface area contributed by atoms with Gasteiger partial charge in [-0.15, -0.1) is 0 Å². The SMILES string of the molecule is [C-]#[N+]C(C(=O)OCC)=C1Sc2c(OC(=O)C3CCC(C)CC3)ccc(OC(=O)C3CCC(OC(=O)C4CCC(OCCCCCCOC(=O)C=C)CC4)CC3)c2S1. The van der Waals surface area contributed by atoms with Crippen molar-refractivity contribution >= 4 is 53.4 Å². The number of benzene rings is 1. The first-order valence-electron chi connectivity index (χ1n) is 20.5. The monoisotopic (exact) mass is 825 g/mol. The molecule has 1 aromatic carbocycles. The first kappa shape index (κ1) is 44.3. The van der Waals surface area contributed by atoms with Crippen molar-refractivity contribution in [3.8, 4) is 11.5 Å². The number of nitrogens with zero attached hydrogens (tertiary/aromatic N) is 1. The van der Waals surface area contributed by atoms with Crippen LogP contribution in [0.2, 0.25) is 0 Å². The predicted molar refractivity (Wildman–Crippen MR) is 214 cm³/mol. The van der Waals surface area contributed by atoms with E-state index >= 15 is 0 Å². The van der Waals surface area contributed by atoms with Crippen LogP contribution in [0.3, 0.4) is 0 Å². The van der Waals surface area contributed by atoms with E-state index in [0.717, 1.165) is 101 Å². The summed E-state index contributed by atoms with van der Waals surface area (Å²) in [6.45, 7) is 16.1. The Morgan fingerprint density at radius 3 is 1.75 bits per heavy atom. The Morgan fingerprint density at radius 1 is 0.719 bits per heavy atom. The van der Waals surface area contributed by atoms with Gasteiger partial charge in [0.15, 0.2) is 0 Å². The fourth-order valence-electron chi connectivity index (χ4n) is 7.62. The molecule has 0 radical (unpaired) electrons. The summed E-state index contributed by atoms with van der Waals surface area (Å²) < 4.78 is 34.4. The van der Waals surface area contributed by atoms with Crippen LogP contribution >= 0.6 is 23.5 Å². The average molecular weight is 826 g/mol. The lowest BCUT2D eigenvalue weighted by Crippen LogP contribution is -2.33. The van der Waals surface area contributed by atoms with Crippen LogP contribution in [0.15, 0.2) is 44.5 Å². The van der Waals surface area contributed by atoms with Gasteiger partial charge in [-0.2, -0.15) is 0 Å². The smallest absolute Gasteiger partial charge is 0.338 e. The number of fused-ring (bicyclic) bond motifs is 1. The summed E-state index contributed by atoms with van der Waals surface area (Å²) in [7, 11) is 0. The third-order valence-electron chi connectivity index (χ3n) is 11.1. The Bertz CT molecular complexity index is 1680. The molecule has 3 saturated carbocycles. The second kappa shape index (κ2) is 22.4. The molecule has 57 heavy (non-hydrogen) atoms. The van der Waals surface area contributed by atoms with Gasteiger partial charge >= 0.3 is 29.8 Å². The summed E-state index contributed by atoms with van der Waals surface area (Å²) in [4.78, 5) is 68.0. The van der Waals surface area contributed by atoms with Crippen LogP contribution in [0.4, 0.5) is 0 Å². The highest BCUT2D eigenvalue weighted by Crippen LogP contribution is 2.59. The van der Waals surface area contributed by atoms with Gasteiger partial charge in [-0.3, -0.25) is 19.2 Å². The fourth-order valence-corrected chi connectivity index (χ4v) is 10.2. The van der Waals surface area contributed by atoms with Crippen LogP contribution in [0.25, 0.3) is 4.85 Å². The molecule has 0 bridgehead atoms. The van der Waals surface area contributed by atoms with E-state index < -0.39 is 23.8 Å². The summed E-state index contributed by atoms with van der Waals surface area (Å²) >= 11 is 2.26. The van der Waals surface area contributed by atoms with Crippen LogP contribution in [0.1, 0.15) is 117 Å². The molecule has 1 aliphatic heterocycles. The van der Waals surface area contributed by atoms with Gasteiger partial charge in [0.05, 0.1) is 57.7 Å². The molecule has 0 saturated heterocycles. The van der Waals surface area contributed by atoms with E-state index in [1.54, 1.807) is 19.1 Å². The summed E-state index contributed by atoms with van der Waals surface area (Å²) in [5.41, 5.74) is -0.182. The van der Waals surface area contributed by atoms with Gasteiger partial charge in [-0.25, -0.2) is 9.64 Å². The van der Waals surface area contributed by atoms with E-state index in [-0.39, 0.29) is 54.0 Å². The number of carbonyl (C=O) groups excluding carboxylic acids is 5. The molecule has 3 aliphatic carbocycles. The lowest BCUT2D eigenvalue weighted by atomic mass is 9.83. The van der Waals surface area contributed by atoms with Crippen LogP contribution in [-0.4, -0.2) is 61.9 Å². The molecule has 310 valence electrons. The number of hydrogen-bond acceptors (Lipinski definition) is 13. The van der Waals surface area contributed by atoms with E-state index in [9.17, 15) is 24.0 Å². The molecule has 4 aliphatic rings. The third-order valence-corrected chi connectivity index (χ3v) is 13.7. The molecule has 14 heteroatoms. The minimum Gasteiger partial charge on any atom is -0.471 e. The van der Waals surface area contributed by atoms with Crippen molar-refractivity contribution in [3.63, 3.8) is 0 Å². The van der Waals surface area contributed by atoms with Gasteiger partial charge in [0.25, 0.3) is 5.70 Å². The van der Waals surface area contributed by atoms with E-state index in [2.05, 4.69) is 18.3 Å². The molecule has 5 rings (SSSR count). The van der Waals surface area contributed by atoms with Gasteiger partial charge in [0, 0.05) is 12.7 Å². The van der Waals surface area contributed by atoms with Crippen molar-refractivity contribution in [1.29, 1.82) is 0 Å². The summed E-state index contributed by atoms with van der Waals surface area (Å²) in [6, 6.07) is 3.21. The van der Waals surface area contributed by atoms with Crippen LogP contribution < -0.4 is 9.47 Å². The molecule has 1 aromatic rings. The molecule has 0 aromatic heterocycles. The first-order chi connectivity index (χ1) is 27.6. The van der Waals surface area contributed by atoms with Gasteiger partial charge in [0.2, 0.25) is 0 Å². The predicted octanol–water partition coefficient (Wildman–Crippen LogP) is 9.14. The minimum atomic E-state index is -0.746. The van der Waals surface area contributed by atoms with E-state index in [4.69, 9.17) is 35.0 Å². The summed E-state index contributed by atoms with van der Waals surface area (Å²) in [5.74, 6) is -1.64. The number of carbonyl (C=O) groups is 5. The van der Waals surface area contributed by atoms with Gasteiger partial charge in [-0.05, 0) is 121 Å². The standard InChI is InChI=1S/C43H55NO11S2/c1-5-35(45)52-26-10-8-7-9-25-51-31-19-15-29(16-20-31)39(46)53-32-21-17-30(18-22-32)41(48)55-34-24-23-33(54-40(47)28-13-11-27(3)12-14-28)37-38(34)57-43(56-37)36(44-4)42(49)50-6-2/h5,23-24,27-32H,1,6-22,25-26H2,2-3H3. The first-order valence-corrected chi connectivity index (χ1v) is 22.1. The van der Waals surface area contributed by atoms with Crippen molar-refractivity contribution < 1.29 is 52.4 Å². The Kier molecular flexibility index (Phi) is 17.4. The van der Waals surface area contributed by atoms with Crippen molar-refractivity contribution in [2.45, 2.75) is 139 Å². The zero-order chi connectivity index (χ0) is 40.7. The van der Waals surface area contributed by atoms with Crippen LogP contribution in [0, 0.1) is 30.2 Å². The van der Waals surface area contributed by atoms with Crippen molar-refractivity contribution in [2.75, 3.05) is 19.8 Å². The number of thioether (sulfide) groups is 2. The maximum absolute atomic E-state index is 13.5. The van der Waals surface area contributed by atoms with Gasteiger partial charge in [0.1, 0.15) is 17.6 Å². The Morgan fingerprint density at radius 2 is 1.23 bits per heavy atom. The number of esters is 5. The number of ether oxygens (including phenoxy) is 6. The van der Waals surface area contributed by atoms with Crippen molar-refractivity contribution in [3.05, 3.63) is 46.1 Å². The normalized spacial score (nSPS) is 25.2. The molecule has 0 atom stereocenters. The van der Waals surface area contributed by atoms with Gasteiger partial charge in [-0.1, -0.05) is 43.4 Å². The topological polar surface area (TPSA) is 145 Å². The second-order valence-electron chi connectivity index (χ2n) is 15.2. The Labute approximate surface area is 344 Å². The molecular formula is C43H55NO11S2. The molecule has 0 unspecified atom stereocenters. The molecule has 0 spiro atoms. The zero-order valence-corrected chi connectivity index (χ0v) is 34.7. The lowest BCUT2D eigenvalue weighted by molar-refractivity contribution is -0.159. The molecule has 0 amide bonds. The second-order valence-corrected chi connectivity index (χ2v) is 17.5. The number of rotatable bonds is 17. The van der Waals surface area contributed by atoms with Crippen molar-refractivity contribution in [1.82, 2.24) is 0 Å². The van der Waals surface area contributed by atoms with E-state index in [0.29, 0.717) is 64.6 Å². The molecule has 12 nitrogen and oxygen atoms in total. The maximum Gasteiger partial charge on any atom is 0.338 e. The van der Waals surface area contributed by atoms with Crippen LogP contribution in [0.5, 0.6) is 11.5 Å². The average Bonchev–Trinajstić information content (AvgIpc) is 3.66. The van der Waals surface area contributed by atoms with Crippen LogP contribution in [-0.2, 0) is 42.9 Å². The van der Waals surface area contributed by atoms with E-state index in [1.807, 2.05) is 0 Å². The van der Waals surface area contributed by atoms with Gasteiger partial charge < -0.3 is 28.4 Å². The maximum atomic E-state index is 13.5. The zero-order valence-electron chi connectivity index (χ0n) is 33.1. The number of hydrogen-bond donors (Lipinski definition) is 0.